The lowest BCUT2D eigenvalue weighted by atomic mass is 9.82. The standard InChI is InChI=1S/C20H32N2O4S/c1-5-20(2,3)16-8-10-18(11-9-16)27(25,26)22-13-6-7-17(12-14-22)21(4)15-19(23)24/h8-11,17H,5-7,12-15H2,1-4H3,(H,23,24). The summed E-state index contributed by atoms with van der Waals surface area (Å²) >= 11 is 0. The fourth-order valence-corrected chi connectivity index (χ4v) is 5.00. The van der Waals surface area contributed by atoms with Crippen LogP contribution < -0.4 is 0 Å². The third-order valence-electron chi connectivity index (χ3n) is 5.82. The molecule has 7 heteroatoms. The number of carboxylic acids is 1. The monoisotopic (exact) mass is 396 g/mol. The van der Waals surface area contributed by atoms with E-state index in [0.29, 0.717) is 24.4 Å². The molecule has 1 aliphatic heterocycles. The fraction of sp³-hybridized carbons (Fsp3) is 0.650. The Balaban J connectivity index is 2.11. The van der Waals surface area contributed by atoms with Crippen molar-refractivity contribution >= 4 is 16.0 Å². The van der Waals surface area contributed by atoms with E-state index >= 15 is 0 Å². The summed E-state index contributed by atoms with van der Waals surface area (Å²) in [5.41, 5.74) is 1.16. The highest BCUT2D eigenvalue weighted by atomic mass is 32.2. The van der Waals surface area contributed by atoms with Gasteiger partial charge in [-0.1, -0.05) is 32.9 Å². The number of sulfonamides is 1. The molecule has 0 spiro atoms. The van der Waals surface area contributed by atoms with Gasteiger partial charge in [-0.2, -0.15) is 4.31 Å². The van der Waals surface area contributed by atoms with Crippen molar-refractivity contribution in [2.75, 3.05) is 26.7 Å². The van der Waals surface area contributed by atoms with E-state index in [4.69, 9.17) is 5.11 Å². The number of benzene rings is 1. The topological polar surface area (TPSA) is 77.9 Å². The largest absolute Gasteiger partial charge is 0.480 e. The van der Waals surface area contributed by atoms with Crippen LogP contribution in [0.5, 0.6) is 0 Å². The van der Waals surface area contributed by atoms with Gasteiger partial charge in [0.15, 0.2) is 0 Å². The zero-order valence-corrected chi connectivity index (χ0v) is 17.6. The molecule has 1 aromatic rings. The predicted molar refractivity (Wildman–Crippen MR) is 106 cm³/mol. The van der Waals surface area contributed by atoms with Gasteiger partial charge in [0.05, 0.1) is 11.4 Å². The summed E-state index contributed by atoms with van der Waals surface area (Å²) in [7, 11) is -1.74. The quantitative estimate of drug-likeness (QED) is 0.767. The van der Waals surface area contributed by atoms with Gasteiger partial charge in [-0.25, -0.2) is 8.42 Å². The highest BCUT2D eigenvalue weighted by Crippen LogP contribution is 2.29. The van der Waals surface area contributed by atoms with E-state index in [1.165, 1.54) is 0 Å². The first-order valence-corrected chi connectivity index (χ1v) is 11.0. The molecule has 152 valence electrons. The lowest BCUT2D eigenvalue weighted by Gasteiger charge is -2.26. The Bertz CT molecular complexity index is 744. The van der Waals surface area contributed by atoms with Crippen molar-refractivity contribution in [2.45, 2.75) is 62.8 Å². The van der Waals surface area contributed by atoms with Gasteiger partial charge in [0.2, 0.25) is 10.0 Å². The van der Waals surface area contributed by atoms with Crippen LogP contribution in [0.25, 0.3) is 0 Å². The molecule has 1 aromatic carbocycles. The van der Waals surface area contributed by atoms with Crippen LogP contribution in [0.3, 0.4) is 0 Å². The molecule has 1 fully saturated rings. The van der Waals surface area contributed by atoms with E-state index in [2.05, 4.69) is 20.8 Å². The van der Waals surface area contributed by atoms with Crippen LogP contribution in [-0.2, 0) is 20.2 Å². The number of hydrogen-bond acceptors (Lipinski definition) is 4. The maximum Gasteiger partial charge on any atom is 0.317 e. The summed E-state index contributed by atoms with van der Waals surface area (Å²) in [6, 6.07) is 7.34. The van der Waals surface area contributed by atoms with Crippen molar-refractivity contribution in [2.24, 2.45) is 0 Å². The van der Waals surface area contributed by atoms with Crippen LogP contribution in [-0.4, -0.2) is 61.4 Å². The lowest BCUT2D eigenvalue weighted by molar-refractivity contribution is -0.138. The SMILES string of the molecule is CCC(C)(C)c1ccc(S(=O)(=O)N2CCCC(N(C)CC(=O)O)CC2)cc1. The molecule has 1 unspecified atom stereocenters. The number of rotatable bonds is 7. The smallest absolute Gasteiger partial charge is 0.317 e. The highest BCUT2D eigenvalue weighted by molar-refractivity contribution is 7.89. The maximum atomic E-state index is 13.0. The van der Waals surface area contributed by atoms with Gasteiger partial charge >= 0.3 is 5.97 Å². The van der Waals surface area contributed by atoms with Crippen LogP contribution in [0.15, 0.2) is 29.2 Å². The molecular formula is C20H32N2O4S. The van der Waals surface area contributed by atoms with Gasteiger partial charge in [-0.15, -0.1) is 0 Å². The Kier molecular flexibility index (Phi) is 7.05. The van der Waals surface area contributed by atoms with Crippen molar-refractivity contribution in [3.63, 3.8) is 0 Å². The number of aliphatic carboxylic acids is 1. The number of nitrogens with zero attached hydrogens (tertiary/aromatic N) is 2. The summed E-state index contributed by atoms with van der Waals surface area (Å²) in [6.45, 7) is 7.30. The molecule has 2 rings (SSSR count). The van der Waals surface area contributed by atoms with E-state index in [1.54, 1.807) is 28.4 Å². The maximum absolute atomic E-state index is 13.0. The molecule has 1 heterocycles. The molecule has 1 atom stereocenters. The normalized spacial score (nSPS) is 19.8. The van der Waals surface area contributed by atoms with Crippen molar-refractivity contribution in [1.82, 2.24) is 9.21 Å². The molecule has 1 saturated heterocycles. The van der Waals surface area contributed by atoms with E-state index in [1.807, 2.05) is 12.1 Å². The molecule has 27 heavy (non-hydrogen) atoms. The first kappa shape index (κ1) is 21.9. The zero-order chi connectivity index (χ0) is 20.2. The second kappa shape index (κ2) is 8.71. The molecule has 0 aliphatic carbocycles. The number of likely N-dealkylation sites (N-methyl/N-ethyl adjacent to an activating group) is 1. The van der Waals surface area contributed by atoms with Gasteiger partial charge in [0.25, 0.3) is 0 Å². The van der Waals surface area contributed by atoms with Gasteiger partial charge in [-0.05, 0) is 55.8 Å². The summed E-state index contributed by atoms with van der Waals surface area (Å²) in [4.78, 5) is 13.1. The second-order valence-corrected chi connectivity index (χ2v) is 10.00. The summed E-state index contributed by atoms with van der Waals surface area (Å²) < 4.78 is 27.6. The Morgan fingerprint density at radius 1 is 1.22 bits per heavy atom. The Morgan fingerprint density at radius 3 is 2.41 bits per heavy atom. The van der Waals surface area contributed by atoms with Crippen LogP contribution in [0.2, 0.25) is 0 Å². The van der Waals surface area contributed by atoms with Crippen molar-refractivity contribution in [1.29, 1.82) is 0 Å². The number of carboxylic acid groups (broad SMARTS) is 1. The van der Waals surface area contributed by atoms with Crippen molar-refractivity contribution in [3.8, 4) is 0 Å². The summed E-state index contributed by atoms with van der Waals surface area (Å²) in [5.74, 6) is -0.860. The molecular weight excluding hydrogens is 364 g/mol. The van der Waals surface area contributed by atoms with E-state index in [0.717, 1.165) is 24.8 Å². The molecule has 0 aromatic heterocycles. The minimum Gasteiger partial charge on any atom is -0.480 e. The second-order valence-electron chi connectivity index (χ2n) is 8.06. The minimum absolute atomic E-state index is 0.0207. The van der Waals surface area contributed by atoms with Crippen molar-refractivity contribution < 1.29 is 18.3 Å². The molecule has 0 saturated carbocycles. The zero-order valence-electron chi connectivity index (χ0n) is 16.8. The first-order valence-electron chi connectivity index (χ1n) is 9.60. The Morgan fingerprint density at radius 2 is 1.85 bits per heavy atom. The lowest BCUT2D eigenvalue weighted by Crippen LogP contribution is -2.37. The van der Waals surface area contributed by atoms with E-state index < -0.39 is 16.0 Å². The highest BCUT2D eigenvalue weighted by Gasteiger charge is 2.29. The Labute approximate surface area is 163 Å². The average molecular weight is 397 g/mol. The molecule has 6 nitrogen and oxygen atoms in total. The molecule has 0 bridgehead atoms. The van der Waals surface area contributed by atoms with Gasteiger partial charge in [0, 0.05) is 19.1 Å². The van der Waals surface area contributed by atoms with Gasteiger partial charge in [-0.3, -0.25) is 9.69 Å². The van der Waals surface area contributed by atoms with Crippen LogP contribution in [0, 0.1) is 0 Å². The van der Waals surface area contributed by atoms with E-state index in [-0.39, 0.29) is 18.0 Å². The summed E-state index contributed by atoms with van der Waals surface area (Å²) in [6.07, 6.45) is 3.16. The molecule has 0 radical (unpaired) electrons. The Hall–Kier alpha value is -1.44. The van der Waals surface area contributed by atoms with Crippen LogP contribution in [0.4, 0.5) is 0 Å². The summed E-state index contributed by atoms with van der Waals surface area (Å²) in [5, 5.41) is 8.96. The number of carbonyl (C=O) groups is 1. The third kappa shape index (κ3) is 5.30. The fourth-order valence-electron chi connectivity index (χ4n) is 3.51. The van der Waals surface area contributed by atoms with Crippen LogP contribution >= 0.6 is 0 Å². The predicted octanol–water partition coefficient (Wildman–Crippen LogP) is 2.93. The van der Waals surface area contributed by atoms with Crippen molar-refractivity contribution in [3.05, 3.63) is 29.8 Å². The van der Waals surface area contributed by atoms with Gasteiger partial charge < -0.3 is 5.11 Å². The minimum atomic E-state index is -3.53. The average Bonchev–Trinajstić information content (AvgIpc) is 2.88. The molecule has 0 amide bonds. The third-order valence-corrected chi connectivity index (χ3v) is 7.73. The molecule has 1 aliphatic rings. The van der Waals surface area contributed by atoms with E-state index in [9.17, 15) is 13.2 Å². The number of hydrogen-bond donors (Lipinski definition) is 1. The van der Waals surface area contributed by atoms with Gasteiger partial charge in [0.1, 0.15) is 0 Å². The first-order chi connectivity index (χ1) is 12.6. The molecule has 1 N–H and O–H groups in total. The van der Waals surface area contributed by atoms with Crippen LogP contribution in [0.1, 0.15) is 52.0 Å².